The monoisotopic (exact) mass is 279 g/mol. The fraction of sp³-hybridized carbons (Fsp3) is 0.467. The van der Waals surface area contributed by atoms with E-state index in [-0.39, 0.29) is 18.9 Å². The number of amides is 1. The van der Waals surface area contributed by atoms with Crippen molar-refractivity contribution in [2.24, 2.45) is 5.41 Å². The maximum atomic E-state index is 11.8. The van der Waals surface area contributed by atoms with Crippen LogP contribution in [0.5, 0.6) is 5.75 Å². The van der Waals surface area contributed by atoms with Crippen LogP contribution < -0.4 is 10.1 Å². The topological polar surface area (TPSA) is 75.6 Å². The average molecular weight is 279 g/mol. The molecule has 1 aromatic rings. The summed E-state index contributed by atoms with van der Waals surface area (Å²) >= 11 is 0. The highest BCUT2D eigenvalue weighted by atomic mass is 16.5. The second-order valence-corrected chi connectivity index (χ2v) is 5.22. The fourth-order valence-corrected chi connectivity index (χ4v) is 1.51. The SMILES string of the molecule is CCOc1ccc(CC(=O)NCC(C)(C)C(=O)O)cc1. The number of nitrogens with one attached hydrogen (secondary N) is 1. The van der Waals surface area contributed by atoms with Crippen molar-refractivity contribution in [3.05, 3.63) is 29.8 Å². The zero-order valence-corrected chi connectivity index (χ0v) is 12.1. The van der Waals surface area contributed by atoms with Gasteiger partial charge in [-0.05, 0) is 38.5 Å². The molecule has 5 heteroatoms. The van der Waals surface area contributed by atoms with Crippen LogP contribution in [0, 0.1) is 5.41 Å². The minimum atomic E-state index is -0.964. The average Bonchev–Trinajstić information content (AvgIpc) is 2.39. The molecule has 0 bridgehead atoms. The Labute approximate surface area is 118 Å². The van der Waals surface area contributed by atoms with Gasteiger partial charge in [-0.3, -0.25) is 9.59 Å². The smallest absolute Gasteiger partial charge is 0.310 e. The van der Waals surface area contributed by atoms with Gasteiger partial charge in [0.25, 0.3) is 0 Å². The van der Waals surface area contributed by atoms with Gasteiger partial charge in [-0.25, -0.2) is 0 Å². The molecule has 0 radical (unpaired) electrons. The first-order valence-electron chi connectivity index (χ1n) is 6.57. The van der Waals surface area contributed by atoms with E-state index >= 15 is 0 Å². The van der Waals surface area contributed by atoms with Crippen molar-refractivity contribution in [3.63, 3.8) is 0 Å². The number of rotatable bonds is 7. The van der Waals surface area contributed by atoms with Gasteiger partial charge in [0, 0.05) is 6.54 Å². The molecule has 1 amide bonds. The first-order chi connectivity index (χ1) is 9.35. The predicted molar refractivity (Wildman–Crippen MR) is 75.7 cm³/mol. The van der Waals surface area contributed by atoms with E-state index in [1.165, 1.54) is 0 Å². The third kappa shape index (κ3) is 4.91. The van der Waals surface area contributed by atoms with E-state index < -0.39 is 11.4 Å². The Hall–Kier alpha value is -2.04. The number of hydrogen-bond acceptors (Lipinski definition) is 3. The van der Waals surface area contributed by atoms with Gasteiger partial charge in [0.2, 0.25) is 5.91 Å². The summed E-state index contributed by atoms with van der Waals surface area (Å²) in [6.07, 6.45) is 0.224. The van der Waals surface area contributed by atoms with Crippen LogP contribution in [0.25, 0.3) is 0 Å². The maximum Gasteiger partial charge on any atom is 0.310 e. The maximum absolute atomic E-state index is 11.8. The molecule has 0 aliphatic carbocycles. The molecule has 0 atom stereocenters. The highest BCUT2D eigenvalue weighted by molar-refractivity contribution is 5.80. The van der Waals surface area contributed by atoms with Gasteiger partial charge in [0.15, 0.2) is 0 Å². The highest BCUT2D eigenvalue weighted by Crippen LogP contribution is 2.14. The number of carbonyl (C=O) groups excluding carboxylic acids is 1. The Morgan fingerprint density at radius 1 is 1.25 bits per heavy atom. The number of carboxylic acid groups (broad SMARTS) is 1. The molecule has 1 rings (SSSR count). The number of benzene rings is 1. The Bertz CT molecular complexity index is 465. The van der Waals surface area contributed by atoms with E-state index in [0.717, 1.165) is 11.3 Å². The largest absolute Gasteiger partial charge is 0.494 e. The third-order valence-corrected chi connectivity index (χ3v) is 2.91. The normalized spacial score (nSPS) is 10.9. The van der Waals surface area contributed by atoms with Gasteiger partial charge in [0.1, 0.15) is 5.75 Å². The number of carbonyl (C=O) groups is 2. The van der Waals surface area contributed by atoms with E-state index in [0.29, 0.717) is 6.61 Å². The van der Waals surface area contributed by atoms with Crippen molar-refractivity contribution in [2.75, 3.05) is 13.2 Å². The standard InChI is InChI=1S/C15H21NO4/c1-4-20-12-7-5-11(6-8-12)9-13(17)16-10-15(2,3)14(18)19/h5-8H,4,9-10H2,1-3H3,(H,16,17)(H,18,19). The van der Waals surface area contributed by atoms with E-state index in [9.17, 15) is 9.59 Å². The van der Waals surface area contributed by atoms with E-state index in [1.54, 1.807) is 13.8 Å². The Morgan fingerprint density at radius 3 is 2.35 bits per heavy atom. The summed E-state index contributed by atoms with van der Waals surface area (Å²) in [6, 6.07) is 7.28. The molecule has 110 valence electrons. The van der Waals surface area contributed by atoms with Gasteiger partial charge < -0.3 is 15.2 Å². The van der Waals surface area contributed by atoms with Crippen molar-refractivity contribution in [1.29, 1.82) is 0 Å². The summed E-state index contributed by atoms with van der Waals surface area (Å²) in [4.78, 5) is 22.7. The molecule has 1 aromatic carbocycles. The molecule has 0 aliphatic rings. The Kier molecular flexibility index (Phi) is 5.55. The molecule has 0 unspecified atom stereocenters. The van der Waals surface area contributed by atoms with Crippen LogP contribution in [0.15, 0.2) is 24.3 Å². The minimum Gasteiger partial charge on any atom is -0.494 e. The molecule has 5 nitrogen and oxygen atoms in total. The number of carboxylic acids is 1. The van der Waals surface area contributed by atoms with Crippen LogP contribution in [0.1, 0.15) is 26.3 Å². The lowest BCUT2D eigenvalue weighted by molar-refractivity contribution is -0.146. The van der Waals surface area contributed by atoms with Crippen LogP contribution in [-0.2, 0) is 16.0 Å². The van der Waals surface area contributed by atoms with Gasteiger partial charge in [0.05, 0.1) is 18.4 Å². The quantitative estimate of drug-likeness (QED) is 0.798. The molecular weight excluding hydrogens is 258 g/mol. The first-order valence-corrected chi connectivity index (χ1v) is 6.57. The molecule has 0 saturated heterocycles. The number of ether oxygens (including phenoxy) is 1. The molecule has 0 aromatic heterocycles. The lowest BCUT2D eigenvalue weighted by Crippen LogP contribution is -2.39. The summed E-state index contributed by atoms with van der Waals surface area (Å²) < 4.78 is 5.32. The van der Waals surface area contributed by atoms with Crippen LogP contribution in [-0.4, -0.2) is 30.1 Å². The molecule has 0 saturated carbocycles. The zero-order valence-electron chi connectivity index (χ0n) is 12.1. The van der Waals surface area contributed by atoms with E-state index in [1.807, 2.05) is 31.2 Å². The van der Waals surface area contributed by atoms with E-state index in [4.69, 9.17) is 9.84 Å². The molecule has 0 spiro atoms. The number of aliphatic carboxylic acids is 1. The van der Waals surface area contributed by atoms with Crippen molar-refractivity contribution in [1.82, 2.24) is 5.32 Å². The van der Waals surface area contributed by atoms with Crippen molar-refractivity contribution < 1.29 is 19.4 Å². The second-order valence-electron chi connectivity index (χ2n) is 5.22. The van der Waals surface area contributed by atoms with E-state index in [2.05, 4.69) is 5.32 Å². The Balaban J connectivity index is 2.48. The zero-order chi connectivity index (χ0) is 15.2. The van der Waals surface area contributed by atoms with Gasteiger partial charge in [-0.1, -0.05) is 12.1 Å². The van der Waals surface area contributed by atoms with Crippen molar-refractivity contribution >= 4 is 11.9 Å². The third-order valence-electron chi connectivity index (χ3n) is 2.91. The summed E-state index contributed by atoms with van der Waals surface area (Å²) in [5, 5.41) is 11.6. The summed E-state index contributed by atoms with van der Waals surface area (Å²) in [5.74, 6) is -0.356. The first kappa shape index (κ1) is 16.0. The number of hydrogen-bond donors (Lipinski definition) is 2. The Morgan fingerprint density at radius 2 is 1.85 bits per heavy atom. The summed E-state index contributed by atoms with van der Waals surface area (Å²) in [6.45, 7) is 5.77. The molecule has 20 heavy (non-hydrogen) atoms. The van der Waals surface area contributed by atoms with Crippen LogP contribution in [0.3, 0.4) is 0 Å². The van der Waals surface area contributed by atoms with Gasteiger partial charge in [-0.15, -0.1) is 0 Å². The summed E-state index contributed by atoms with van der Waals surface area (Å²) in [7, 11) is 0. The second kappa shape index (κ2) is 6.93. The van der Waals surface area contributed by atoms with Gasteiger partial charge >= 0.3 is 5.97 Å². The lowest BCUT2D eigenvalue weighted by Gasteiger charge is -2.19. The molecule has 0 heterocycles. The fourth-order valence-electron chi connectivity index (χ4n) is 1.51. The van der Waals surface area contributed by atoms with Crippen molar-refractivity contribution in [2.45, 2.75) is 27.2 Å². The highest BCUT2D eigenvalue weighted by Gasteiger charge is 2.27. The molecule has 2 N–H and O–H groups in total. The predicted octanol–water partition coefficient (Wildman–Crippen LogP) is 1.85. The molecule has 0 fully saturated rings. The van der Waals surface area contributed by atoms with Gasteiger partial charge in [-0.2, -0.15) is 0 Å². The van der Waals surface area contributed by atoms with Crippen LogP contribution >= 0.6 is 0 Å². The minimum absolute atomic E-state index is 0.109. The van der Waals surface area contributed by atoms with Crippen molar-refractivity contribution in [3.8, 4) is 5.75 Å². The van der Waals surface area contributed by atoms with Crippen LogP contribution in [0.4, 0.5) is 0 Å². The lowest BCUT2D eigenvalue weighted by atomic mass is 9.94. The van der Waals surface area contributed by atoms with Crippen LogP contribution in [0.2, 0.25) is 0 Å². The summed E-state index contributed by atoms with van der Waals surface area (Å²) in [5.41, 5.74) is -0.104. The molecular formula is C15H21NO4. The molecule has 0 aliphatic heterocycles.